The van der Waals surface area contributed by atoms with Gasteiger partial charge in [-0.05, 0) is 56.3 Å². The van der Waals surface area contributed by atoms with Crippen LogP contribution in [0.2, 0.25) is 0 Å². The third-order valence-corrected chi connectivity index (χ3v) is 4.19. The summed E-state index contributed by atoms with van der Waals surface area (Å²) in [6, 6.07) is 10.8. The van der Waals surface area contributed by atoms with Crippen LogP contribution in [0.5, 0.6) is 0 Å². The number of hydrogen-bond donors (Lipinski definition) is 0. The van der Waals surface area contributed by atoms with Crippen LogP contribution in [0.1, 0.15) is 25.0 Å². The number of pyridine rings is 1. The normalized spacial score (nSPS) is 12.4. The Morgan fingerprint density at radius 2 is 1.71 bits per heavy atom. The second kappa shape index (κ2) is 5.00. The van der Waals surface area contributed by atoms with Crippen LogP contribution in [0, 0.1) is 27.7 Å². The molecule has 0 saturated heterocycles. The fourth-order valence-corrected chi connectivity index (χ4v) is 2.96. The van der Waals surface area contributed by atoms with Gasteiger partial charge in [-0.15, -0.1) is 0 Å². The molecule has 3 rings (SSSR count). The third-order valence-electron chi connectivity index (χ3n) is 4.19. The first-order chi connectivity index (χ1) is 10.8. The lowest BCUT2D eigenvalue weighted by molar-refractivity contribution is -0.659. The highest BCUT2D eigenvalue weighted by molar-refractivity contribution is 5.94. The molecule has 0 radical (unpaired) electrons. The Labute approximate surface area is 129 Å². The number of hydrogen-bond acceptors (Lipinski definition) is 0. The zero-order valence-electron chi connectivity index (χ0n) is 15.3. The molecule has 0 saturated carbocycles. The largest absolute Gasteiger partial charge is 0.220 e. The monoisotopic (exact) mass is 278 g/mol. The van der Waals surface area contributed by atoms with Gasteiger partial charge in [-0.25, -0.2) is 4.57 Å². The summed E-state index contributed by atoms with van der Waals surface area (Å²) in [5, 5.41) is 1.88. The van der Waals surface area contributed by atoms with E-state index in [0.29, 0.717) is 0 Å². The summed E-state index contributed by atoms with van der Waals surface area (Å²) in [5.41, 5.74) is 7.03. The van der Waals surface area contributed by atoms with E-state index in [4.69, 9.17) is 2.74 Å². The highest BCUT2D eigenvalue weighted by Crippen LogP contribution is 2.30. The van der Waals surface area contributed by atoms with Gasteiger partial charge in [0.05, 0.1) is 12.3 Å². The fraction of sp³-hybridized carbons (Fsp3) is 0.250. The molecule has 106 valence electrons. The van der Waals surface area contributed by atoms with Gasteiger partial charge < -0.3 is 0 Å². The molecule has 0 aliphatic carbocycles. The topological polar surface area (TPSA) is 3.88 Å². The Balaban J connectivity index is 2.54. The van der Waals surface area contributed by atoms with Crippen molar-refractivity contribution in [1.29, 1.82) is 0 Å². The number of benzene rings is 2. The molecule has 0 N–H and O–H groups in total. The highest BCUT2D eigenvalue weighted by atomic mass is 14.9. The molecule has 0 bridgehead atoms. The van der Waals surface area contributed by atoms with E-state index in [9.17, 15) is 0 Å². The second-order valence-corrected chi connectivity index (χ2v) is 5.95. The molecule has 1 nitrogen and oxygen atoms in total. The van der Waals surface area contributed by atoms with E-state index in [1.54, 1.807) is 0 Å². The van der Waals surface area contributed by atoms with Crippen molar-refractivity contribution < 1.29 is 7.31 Å². The molecule has 0 atom stereocenters. The van der Waals surface area contributed by atoms with Crippen molar-refractivity contribution in [2.45, 2.75) is 27.7 Å². The van der Waals surface area contributed by atoms with E-state index >= 15 is 0 Å². The minimum atomic E-state index is 0.245. The number of nitrogens with zero attached hydrogens (tertiary/aromatic N) is 1. The fourth-order valence-electron chi connectivity index (χ4n) is 2.96. The van der Waals surface area contributed by atoms with Gasteiger partial charge >= 0.3 is 0 Å². The van der Waals surface area contributed by atoms with Crippen LogP contribution in [0.15, 0.2) is 42.5 Å². The molecule has 0 spiro atoms. The molecule has 21 heavy (non-hydrogen) atoms. The quantitative estimate of drug-likeness (QED) is 0.574. The van der Waals surface area contributed by atoms with Gasteiger partial charge in [-0.1, -0.05) is 29.3 Å². The number of aromatic nitrogens is 1. The number of aryl methyl sites for hydroxylation is 3. The predicted molar refractivity (Wildman–Crippen MR) is 89.5 cm³/mol. The molecular weight excluding hydrogens is 254 g/mol. The first-order valence-corrected chi connectivity index (χ1v) is 7.29. The molecule has 0 aliphatic rings. The van der Waals surface area contributed by atoms with E-state index < -0.39 is 0 Å². The average molecular weight is 278 g/mol. The highest BCUT2D eigenvalue weighted by Gasteiger charge is 2.18. The zero-order chi connectivity index (χ0) is 16.9. The van der Waals surface area contributed by atoms with Crippen LogP contribution in [-0.2, 0) is 7.05 Å². The van der Waals surface area contributed by atoms with Crippen molar-refractivity contribution in [2.75, 3.05) is 0 Å². The SMILES string of the molecule is [2H]c1c([2H])[n+](C)c(-c2cc(C)cc(C)c2C)c2cc(C)ccc12. The molecule has 2 aromatic carbocycles. The van der Waals surface area contributed by atoms with Crippen LogP contribution < -0.4 is 4.57 Å². The molecule has 1 heteroatoms. The Morgan fingerprint density at radius 1 is 0.952 bits per heavy atom. The van der Waals surface area contributed by atoms with Gasteiger partial charge in [-0.2, -0.15) is 0 Å². The molecule has 0 aliphatic heterocycles. The predicted octanol–water partition coefficient (Wildman–Crippen LogP) is 4.56. The average Bonchev–Trinajstić information content (AvgIpc) is 2.49. The molecule has 1 aromatic heterocycles. The number of rotatable bonds is 1. The van der Waals surface area contributed by atoms with Gasteiger partial charge in [-0.3, -0.25) is 0 Å². The summed E-state index contributed by atoms with van der Waals surface area (Å²) in [6.07, 6.45) is 0.245. The first-order valence-electron chi connectivity index (χ1n) is 8.29. The summed E-state index contributed by atoms with van der Waals surface area (Å²) in [7, 11) is 1.88. The molecule has 0 unspecified atom stereocenters. The van der Waals surface area contributed by atoms with Crippen LogP contribution in [-0.4, -0.2) is 0 Å². The summed E-state index contributed by atoms with van der Waals surface area (Å²) < 4.78 is 18.5. The van der Waals surface area contributed by atoms with Crippen molar-refractivity contribution in [1.82, 2.24) is 0 Å². The van der Waals surface area contributed by atoms with E-state index in [0.717, 1.165) is 27.6 Å². The Kier molecular flexibility index (Phi) is 2.74. The third kappa shape index (κ3) is 2.33. The van der Waals surface area contributed by atoms with Crippen LogP contribution in [0.25, 0.3) is 22.0 Å². The van der Waals surface area contributed by atoms with Crippen molar-refractivity contribution >= 4 is 10.8 Å². The first kappa shape index (κ1) is 11.5. The van der Waals surface area contributed by atoms with E-state index in [2.05, 4.69) is 45.9 Å². The Hall–Kier alpha value is -2.15. The number of fused-ring (bicyclic) bond motifs is 1. The minimum absolute atomic E-state index is 0.245. The lowest BCUT2D eigenvalue weighted by atomic mass is 9.94. The van der Waals surface area contributed by atoms with Crippen LogP contribution >= 0.6 is 0 Å². The molecular formula is C20H22N+. The van der Waals surface area contributed by atoms with Gasteiger partial charge in [0.2, 0.25) is 5.69 Å². The van der Waals surface area contributed by atoms with Crippen molar-refractivity contribution in [3.8, 4) is 11.3 Å². The summed E-state index contributed by atoms with van der Waals surface area (Å²) in [6.45, 7) is 8.42. The lowest BCUT2D eigenvalue weighted by Gasteiger charge is -2.11. The van der Waals surface area contributed by atoms with E-state index in [-0.39, 0.29) is 12.2 Å². The smallest absolute Gasteiger partial charge is 0.200 e. The van der Waals surface area contributed by atoms with E-state index in [1.807, 2.05) is 23.7 Å². The summed E-state index contributed by atoms with van der Waals surface area (Å²) >= 11 is 0. The van der Waals surface area contributed by atoms with Gasteiger partial charge in [0.1, 0.15) is 8.42 Å². The van der Waals surface area contributed by atoms with Crippen LogP contribution in [0.4, 0.5) is 0 Å². The molecule has 0 fully saturated rings. The van der Waals surface area contributed by atoms with Gasteiger partial charge in [0, 0.05) is 6.04 Å². The van der Waals surface area contributed by atoms with Gasteiger partial charge in [0.15, 0.2) is 6.17 Å². The van der Waals surface area contributed by atoms with Crippen LogP contribution in [0.3, 0.4) is 0 Å². The Bertz CT molecular complexity index is 943. The summed E-state index contributed by atoms with van der Waals surface area (Å²) in [4.78, 5) is 0. The van der Waals surface area contributed by atoms with Crippen molar-refractivity contribution in [3.63, 3.8) is 0 Å². The summed E-state index contributed by atoms with van der Waals surface area (Å²) in [5.74, 6) is 0. The molecule has 0 amide bonds. The van der Waals surface area contributed by atoms with Crippen molar-refractivity contribution in [2.24, 2.45) is 7.05 Å². The minimum Gasteiger partial charge on any atom is -0.200 e. The lowest BCUT2D eigenvalue weighted by Crippen LogP contribution is -2.30. The second-order valence-electron chi connectivity index (χ2n) is 5.95. The standard InChI is InChI=1S/C20H22N/c1-13-6-7-17-8-9-21(5)20(19(17)11-13)18-12-14(2)10-15(3)16(18)4/h6-12H,1-5H3/q+1/i8D,9D. The van der Waals surface area contributed by atoms with Crippen molar-refractivity contribution in [3.05, 3.63) is 64.8 Å². The Morgan fingerprint density at radius 3 is 2.48 bits per heavy atom. The molecule has 3 aromatic rings. The maximum Gasteiger partial charge on any atom is 0.220 e. The zero-order valence-corrected chi connectivity index (χ0v) is 13.3. The van der Waals surface area contributed by atoms with E-state index in [1.165, 1.54) is 16.7 Å². The molecule has 1 heterocycles. The maximum atomic E-state index is 8.32. The maximum absolute atomic E-state index is 8.32. The van der Waals surface area contributed by atoms with Gasteiger partial charge in [0.25, 0.3) is 0 Å².